The summed E-state index contributed by atoms with van der Waals surface area (Å²) >= 11 is 0. The number of ether oxygens (including phenoxy) is 1. The molecule has 0 spiro atoms. The van der Waals surface area contributed by atoms with Crippen LogP contribution in [0.2, 0.25) is 0 Å². The van der Waals surface area contributed by atoms with Crippen LogP contribution < -0.4 is 5.32 Å². The molecule has 68 valence electrons. The maximum atomic E-state index is 5.18. The summed E-state index contributed by atoms with van der Waals surface area (Å²) in [6.07, 6.45) is 2.50. The van der Waals surface area contributed by atoms with Gasteiger partial charge in [-0.05, 0) is 12.3 Å². The Balaban J connectivity index is 3.34. The quantitative estimate of drug-likeness (QED) is 0.598. The molecule has 0 bridgehead atoms. The van der Waals surface area contributed by atoms with Crippen molar-refractivity contribution < 1.29 is 4.74 Å². The predicted octanol–water partition coefficient (Wildman–Crippen LogP) is 2.00. The fourth-order valence-corrected chi connectivity index (χ4v) is 0.871. The lowest BCUT2D eigenvalue weighted by atomic mass is 10.1. The minimum Gasteiger partial charge on any atom is -0.367 e. The number of hydrogen-bond acceptors (Lipinski definition) is 2. The molecule has 1 N–H and O–H groups in total. The average molecular weight is 159 g/mol. The molecule has 2 atom stereocenters. The molecular weight excluding hydrogens is 138 g/mol. The van der Waals surface area contributed by atoms with Gasteiger partial charge < -0.3 is 4.74 Å². The molecule has 0 heterocycles. The van der Waals surface area contributed by atoms with Gasteiger partial charge in [0.15, 0.2) is 0 Å². The van der Waals surface area contributed by atoms with E-state index in [0.717, 1.165) is 18.9 Å². The average Bonchev–Trinajstić information content (AvgIpc) is 2.06. The third kappa shape index (κ3) is 5.22. The van der Waals surface area contributed by atoms with Gasteiger partial charge in [0.05, 0.1) is 0 Å². The first kappa shape index (κ1) is 10.9. The van der Waals surface area contributed by atoms with E-state index in [1.165, 1.54) is 6.42 Å². The Morgan fingerprint density at radius 3 is 2.27 bits per heavy atom. The van der Waals surface area contributed by atoms with E-state index in [-0.39, 0.29) is 6.23 Å². The first-order valence-corrected chi connectivity index (χ1v) is 4.50. The topological polar surface area (TPSA) is 21.3 Å². The Bertz CT molecular complexity index is 81.6. The van der Waals surface area contributed by atoms with Crippen molar-refractivity contribution in [2.45, 2.75) is 39.8 Å². The van der Waals surface area contributed by atoms with E-state index >= 15 is 0 Å². The highest BCUT2D eigenvalue weighted by Gasteiger charge is 2.04. The highest BCUT2D eigenvalue weighted by molar-refractivity contribution is 4.57. The fourth-order valence-electron chi connectivity index (χ4n) is 0.871. The van der Waals surface area contributed by atoms with Crippen molar-refractivity contribution in [2.24, 2.45) is 5.92 Å². The normalized spacial score (nSPS) is 16.4. The molecule has 0 aliphatic carbocycles. The summed E-state index contributed by atoms with van der Waals surface area (Å²) in [6, 6.07) is 0. The molecule has 0 radical (unpaired) electrons. The fraction of sp³-hybridized carbons (Fsp3) is 1.00. The number of hydrogen-bond donors (Lipinski definition) is 1. The van der Waals surface area contributed by atoms with Gasteiger partial charge >= 0.3 is 0 Å². The van der Waals surface area contributed by atoms with Crippen LogP contribution in [0.1, 0.15) is 33.6 Å². The highest BCUT2D eigenvalue weighted by atomic mass is 16.5. The van der Waals surface area contributed by atoms with Crippen molar-refractivity contribution in [2.75, 3.05) is 13.7 Å². The Morgan fingerprint density at radius 1 is 1.27 bits per heavy atom. The number of rotatable bonds is 6. The first-order valence-electron chi connectivity index (χ1n) is 4.50. The van der Waals surface area contributed by atoms with Crippen molar-refractivity contribution in [1.29, 1.82) is 0 Å². The van der Waals surface area contributed by atoms with Gasteiger partial charge in [-0.2, -0.15) is 0 Å². The van der Waals surface area contributed by atoms with Gasteiger partial charge in [-0.3, -0.25) is 5.32 Å². The van der Waals surface area contributed by atoms with Gasteiger partial charge in [0.1, 0.15) is 6.23 Å². The van der Waals surface area contributed by atoms with Gasteiger partial charge in [-0.25, -0.2) is 0 Å². The molecule has 2 nitrogen and oxygen atoms in total. The molecule has 2 unspecified atom stereocenters. The minimum atomic E-state index is 0.240. The summed E-state index contributed by atoms with van der Waals surface area (Å²) in [7, 11) is 1.75. The van der Waals surface area contributed by atoms with Crippen molar-refractivity contribution in [3.05, 3.63) is 0 Å². The van der Waals surface area contributed by atoms with Crippen LogP contribution in [-0.4, -0.2) is 19.9 Å². The van der Waals surface area contributed by atoms with E-state index in [4.69, 9.17) is 4.74 Å². The van der Waals surface area contributed by atoms with Crippen LogP contribution in [0.4, 0.5) is 0 Å². The molecule has 0 saturated carbocycles. The summed E-state index contributed by atoms with van der Waals surface area (Å²) < 4.78 is 5.18. The van der Waals surface area contributed by atoms with Gasteiger partial charge in [0.25, 0.3) is 0 Å². The second-order valence-corrected chi connectivity index (χ2v) is 3.05. The zero-order valence-corrected chi connectivity index (χ0v) is 8.18. The molecule has 11 heavy (non-hydrogen) atoms. The molecule has 0 amide bonds. The molecule has 0 fully saturated rings. The van der Waals surface area contributed by atoms with Crippen molar-refractivity contribution in [3.8, 4) is 0 Å². The smallest absolute Gasteiger partial charge is 0.107 e. The van der Waals surface area contributed by atoms with Crippen LogP contribution >= 0.6 is 0 Å². The van der Waals surface area contributed by atoms with E-state index in [0.29, 0.717) is 0 Å². The summed E-state index contributed by atoms with van der Waals surface area (Å²) in [5, 5.41) is 3.35. The molecule has 0 rings (SSSR count). The monoisotopic (exact) mass is 159 g/mol. The zero-order valence-electron chi connectivity index (χ0n) is 8.18. The first-order chi connectivity index (χ1) is 5.24. The Kier molecular flexibility index (Phi) is 6.57. The summed E-state index contributed by atoms with van der Waals surface area (Å²) in [6.45, 7) is 7.64. The molecular formula is C9H21NO. The molecule has 0 aromatic carbocycles. The lowest BCUT2D eigenvalue weighted by Crippen LogP contribution is -2.33. The van der Waals surface area contributed by atoms with Crippen LogP contribution in [0.3, 0.4) is 0 Å². The van der Waals surface area contributed by atoms with E-state index in [2.05, 4.69) is 26.1 Å². The Labute approximate surface area is 70.3 Å². The van der Waals surface area contributed by atoms with Crippen molar-refractivity contribution in [1.82, 2.24) is 5.32 Å². The molecule has 0 aliphatic rings. The Morgan fingerprint density at radius 2 is 1.91 bits per heavy atom. The lowest BCUT2D eigenvalue weighted by Gasteiger charge is -2.17. The van der Waals surface area contributed by atoms with Crippen molar-refractivity contribution in [3.63, 3.8) is 0 Å². The van der Waals surface area contributed by atoms with E-state index in [1.807, 2.05) is 0 Å². The molecule has 2 heteroatoms. The summed E-state index contributed by atoms with van der Waals surface area (Å²) in [5.74, 6) is 0.749. The molecule has 0 aromatic heterocycles. The zero-order chi connectivity index (χ0) is 8.69. The SMILES string of the molecule is CCC(C)CNC(CC)OC. The Hall–Kier alpha value is -0.0800. The number of methoxy groups -OCH3 is 1. The van der Waals surface area contributed by atoms with Crippen LogP contribution in [0.5, 0.6) is 0 Å². The van der Waals surface area contributed by atoms with Gasteiger partial charge in [-0.15, -0.1) is 0 Å². The highest BCUT2D eigenvalue weighted by Crippen LogP contribution is 1.99. The third-order valence-electron chi connectivity index (χ3n) is 2.05. The van der Waals surface area contributed by atoms with Crippen LogP contribution in [0.25, 0.3) is 0 Å². The van der Waals surface area contributed by atoms with Crippen LogP contribution in [-0.2, 0) is 4.74 Å². The van der Waals surface area contributed by atoms with E-state index < -0.39 is 0 Å². The largest absolute Gasteiger partial charge is 0.367 e. The number of nitrogens with one attached hydrogen (secondary N) is 1. The maximum Gasteiger partial charge on any atom is 0.107 e. The van der Waals surface area contributed by atoms with Gasteiger partial charge in [-0.1, -0.05) is 27.2 Å². The maximum absolute atomic E-state index is 5.18. The van der Waals surface area contributed by atoms with E-state index in [9.17, 15) is 0 Å². The second kappa shape index (κ2) is 6.62. The van der Waals surface area contributed by atoms with Gasteiger partial charge in [0, 0.05) is 13.7 Å². The van der Waals surface area contributed by atoms with Gasteiger partial charge in [0.2, 0.25) is 0 Å². The molecule has 0 saturated heterocycles. The lowest BCUT2D eigenvalue weighted by molar-refractivity contribution is 0.0676. The predicted molar refractivity (Wildman–Crippen MR) is 48.5 cm³/mol. The molecule has 0 aromatic rings. The van der Waals surface area contributed by atoms with E-state index in [1.54, 1.807) is 7.11 Å². The molecule has 0 aliphatic heterocycles. The third-order valence-corrected chi connectivity index (χ3v) is 2.05. The van der Waals surface area contributed by atoms with Crippen LogP contribution in [0, 0.1) is 5.92 Å². The second-order valence-electron chi connectivity index (χ2n) is 3.05. The summed E-state index contributed by atoms with van der Waals surface area (Å²) in [5.41, 5.74) is 0. The van der Waals surface area contributed by atoms with Crippen molar-refractivity contribution >= 4 is 0 Å². The minimum absolute atomic E-state index is 0.240. The van der Waals surface area contributed by atoms with Crippen LogP contribution in [0.15, 0.2) is 0 Å². The summed E-state index contributed by atoms with van der Waals surface area (Å²) in [4.78, 5) is 0. The standard InChI is InChI=1S/C9H21NO/c1-5-8(3)7-10-9(6-2)11-4/h8-10H,5-7H2,1-4H3.